The van der Waals surface area contributed by atoms with Crippen LogP contribution < -0.4 is 15.5 Å². The minimum Gasteiger partial charge on any atom is -0.360 e. The molecule has 5 heteroatoms. The zero-order valence-electron chi connectivity index (χ0n) is 11.8. The average molecular weight is 251 g/mol. The van der Waals surface area contributed by atoms with Gasteiger partial charge in [-0.1, -0.05) is 13.3 Å². The molecule has 0 aliphatic carbocycles. The first-order valence-electron chi connectivity index (χ1n) is 6.63. The number of unbranched alkanes of at least 4 members (excludes halogenated alkanes) is 1. The second-order valence-electron chi connectivity index (χ2n) is 4.57. The minimum absolute atomic E-state index is 0.707. The van der Waals surface area contributed by atoms with E-state index in [2.05, 4.69) is 33.7 Å². The van der Waals surface area contributed by atoms with Crippen molar-refractivity contribution >= 4 is 11.6 Å². The molecule has 2 N–H and O–H groups in total. The quantitative estimate of drug-likeness (QED) is 0.758. The van der Waals surface area contributed by atoms with Crippen molar-refractivity contribution in [3.63, 3.8) is 0 Å². The second-order valence-corrected chi connectivity index (χ2v) is 4.57. The SMILES string of the molecule is CCCCN(C)c1cc(N(C)CCCN)ncn1. The van der Waals surface area contributed by atoms with Gasteiger partial charge in [-0.05, 0) is 19.4 Å². The Bertz CT molecular complexity index is 313. The van der Waals surface area contributed by atoms with E-state index in [0.717, 1.165) is 31.1 Å². The Labute approximate surface area is 110 Å². The molecular formula is C13H25N5. The summed E-state index contributed by atoms with van der Waals surface area (Å²) in [4.78, 5) is 12.9. The van der Waals surface area contributed by atoms with Crippen LogP contribution >= 0.6 is 0 Å². The molecule has 1 heterocycles. The fourth-order valence-corrected chi connectivity index (χ4v) is 1.71. The molecule has 0 unspecified atom stereocenters. The van der Waals surface area contributed by atoms with Gasteiger partial charge in [0.05, 0.1) is 0 Å². The molecular weight excluding hydrogens is 226 g/mol. The lowest BCUT2D eigenvalue weighted by Gasteiger charge is -2.21. The van der Waals surface area contributed by atoms with E-state index < -0.39 is 0 Å². The number of anilines is 2. The van der Waals surface area contributed by atoms with Crippen LogP contribution in [0.4, 0.5) is 11.6 Å². The standard InChI is InChI=1S/C13H25N5/c1-4-5-8-17(2)12-10-13(16-11-15-12)18(3)9-6-7-14/h10-11H,4-9,14H2,1-3H3. The summed E-state index contributed by atoms with van der Waals surface area (Å²) in [5.41, 5.74) is 5.52. The van der Waals surface area contributed by atoms with Gasteiger partial charge in [0.2, 0.25) is 0 Å². The molecule has 0 saturated carbocycles. The average Bonchev–Trinajstić information content (AvgIpc) is 2.42. The Balaban J connectivity index is 2.66. The van der Waals surface area contributed by atoms with Gasteiger partial charge in [-0.3, -0.25) is 0 Å². The van der Waals surface area contributed by atoms with Gasteiger partial charge in [0.25, 0.3) is 0 Å². The van der Waals surface area contributed by atoms with Crippen molar-refractivity contribution < 1.29 is 0 Å². The van der Waals surface area contributed by atoms with Crippen LogP contribution in [0.2, 0.25) is 0 Å². The maximum atomic E-state index is 5.52. The highest BCUT2D eigenvalue weighted by atomic mass is 15.2. The molecule has 0 saturated heterocycles. The van der Waals surface area contributed by atoms with Crippen molar-refractivity contribution in [3.05, 3.63) is 12.4 Å². The van der Waals surface area contributed by atoms with E-state index in [1.807, 2.05) is 13.1 Å². The van der Waals surface area contributed by atoms with Crippen LogP contribution in [0.3, 0.4) is 0 Å². The van der Waals surface area contributed by atoms with Gasteiger partial charge in [-0.15, -0.1) is 0 Å². The highest BCUT2D eigenvalue weighted by molar-refractivity contribution is 5.49. The molecule has 0 atom stereocenters. The van der Waals surface area contributed by atoms with Gasteiger partial charge in [0.15, 0.2) is 0 Å². The number of nitrogens with zero attached hydrogens (tertiary/aromatic N) is 4. The fraction of sp³-hybridized carbons (Fsp3) is 0.692. The Hall–Kier alpha value is -1.36. The van der Waals surface area contributed by atoms with Gasteiger partial charge in [-0.25, -0.2) is 9.97 Å². The van der Waals surface area contributed by atoms with Crippen molar-refractivity contribution in [1.29, 1.82) is 0 Å². The molecule has 0 spiro atoms. The molecule has 5 nitrogen and oxygen atoms in total. The van der Waals surface area contributed by atoms with Crippen molar-refractivity contribution in [3.8, 4) is 0 Å². The van der Waals surface area contributed by atoms with E-state index in [1.54, 1.807) is 6.33 Å². The fourth-order valence-electron chi connectivity index (χ4n) is 1.71. The van der Waals surface area contributed by atoms with Crippen LogP contribution in [0.5, 0.6) is 0 Å². The van der Waals surface area contributed by atoms with Crippen LogP contribution in [0, 0.1) is 0 Å². The van der Waals surface area contributed by atoms with Crippen LogP contribution in [0.15, 0.2) is 12.4 Å². The third kappa shape index (κ3) is 4.49. The van der Waals surface area contributed by atoms with Gasteiger partial charge >= 0.3 is 0 Å². The molecule has 0 bridgehead atoms. The third-order valence-electron chi connectivity index (χ3n) is 2.97. The predicted molar refractivity (Wildman–Crippen MR) is 77.2 cm³/mol. The van der Waals surface area contributed by atoms with E-state index in [4.69, 9.17) is 5.73 Å². The second kappa shape index (κ2) is 7.87. The maximum absolute atomic E-state index is 5.52. The van der Waals surface area contributed by atoms with Gasteiger partial charge in [-0.2, -0.15) is 0 Å². The van der Waals surface area contributed by atoms with Gasteiger partial charge < -0.3 is 15.5 Å². The molecule has 1 aromatic heterocycles. The number of rotatable bonds is 8. The van der Waals surface area contributed by atoms with Crippen molar-refractivity contribution in [2.75, 3.05) is 43.5 Å². The molecule has 0 aromatic carbocycles. The lowest BCUT2D eigenvalue weighted by atomic mass is 10.3. The molecule has 0 aliphatic rings. The van der Waals surface area contributed by atoms with Crippen LogP contribution in [-0.4, -0.2) is 43.7 Å². The van der Waals surface area contributed by atoms with Gasteiger partial charge in [0, 0.05) is 33.3 Å². The number of hydrogen-bond acceptors (Lipinski definition) is 5. The lowest BCUT2D eigenvalue weighted by Crippen LogP contribution is -2.24. The highest BCUT2D eigenvalue weighted by Gasteiger charge is 2.06. The summed E-state index contributed by atoms with van der Waals surface area (Å²) in [7, 11) is 4.11. The lowest BCUT2D eigenvalue weighted by molar-refractivity contribution is 0.754. The number of nitrogens with two attached hydrogens (primary N) is 1. The van der Waals surface area contributed by atoms with Crippen molar-refractivity contribution in [1.82, 2.24) is 9.97 Å². The smallest absolute Gasteiger partial charge is 0.133 e. The monoisotopic (exact) mass is 251 g/mol. The Morgan fingerprint density at radius 3 is 2.11 bits per heavy atom. The molecule has 0 radical (unpaired) electrons. The summed E-state index contributed by atoms with van der Waals surface area (Å²) in [6, 6.07) is 2.03. The topological polar surface area (TPSA) is 58.3 Å². The van der Waals surface area contributed by atoms with E-state index >= 15 is 0 Å². The Morgan fingerprint density at radius 1 is 1.06 bits per heavy atom. The summed E-state index contributed by atoms with van der Waals surface area (Å²) in [5.74, 6) is 1.94. The van der Waals surface area contributed by atoms with E-state index in [1.165, 1.54) is 12.8 Å². The number of hydrogen-bond donors (Lipinski definition) is 1. The molecule has 0 fully saturated rings. The number of aromatic nitrogens is 2. The highest BCUT2D eigenvalue weighted by Crippen LogP contribution is 2.16. The van der Waals surface area contributed by atoms with Crippen LogP contribution in [0.1, 0.15) is 26.2 Å². The molecule has 102 valence electrons. The van der Waals surface area contributed by atoms with Crippen molar-refractivity contribution in [2.24, 2.45) is 5.73 Å². The summed E-state index contributed by atoms with van der Waals surface area (Å²) < 4.78 is 0. The summed E-state index contributed by atoms with van der Waals surface area (Å²) >= 11 is 0. The molecule has 18 heavy (non-hydrogen) atoms. The largest absolute Gasteiger partial charge is 0.360 e. The van der Waals surface area contributed by atoms with E-state index in [-0.39, 0.29) is 0 Å². The predicted octanol–water partition coefficient (Wildman–Crippen LogP) is 1.50. The molecule has 0 amide bonds. The molecule has 0 aliphatic heterocycles. The Kier molecular flexibility index (Phi) is 6.43. The van der Waals surface area contributed by atoms with E-state index in [0.29, 0.717) is 6.54 Å². The zero-order chi connectivity index (χ0) is 13.4. The minimum atomic E-state index is 0.707. The van der Waals surface area contributed by atoms with Crippen LogP contribution in [-0.2, 0) is 0 Å². The summed E-state index contributed by atoms with van der Waals surface area (Å²) in [6.07, 6.45) is 4.98. The maximum Gasteiger partial charge on any atom is 0.133 e. The first kappa shape index (κ1) is 14.7. The molecule has 1 rings (SSSR count). The van der Waals surface area contributed by atoms with Crippen LogP contribution in [0.25, 0.3) is 0 Å². The third-order valence-corrected chi connectivity index (χ3v) is 2.97. The summed E-state index contributed by atoms with van der Waals surface area (Å²) in [6.45, 7) is 4.85. The first-order valence-corrected chi connectivity index (χ1v) is 6.63. The van der Waals surface area contributed by atoms with E-state index in [9.17, 15) is 0 Å². The van der Waals surface area contributed by atoms with Crippen molar-refractivity contribution in [2.45, 2.75) is 26.2 Å². The normalized spacial score (nSPS) is 10.4. The Morgan fingerprint density at radius 2 is 1.61 bits per heavy atom. The zero-order valence-corrected chi connectivity index (χ0v) is 11.8. The first-order chi connectivity index (χ1) is 8.69. The molecule has 1 aromatic rings. The summed E-state index contributed by atoms with van der Waals surface area (Å²) in [5, 5.41) is 0. The van der Waals surface area contributed by atoms with Gasteiger partial charge in [0.1, 0.15) is 18.0 Å².